The fourth-order valence-electron chi connectivity index (χ4n) is 3.27. The van der Waals surface area contributed by atoms with Crippen LogP contribution in [-0.4, -0.2) is 48.4 Å². The second kappa shape index (κ2) is 7.75. The molecule has 1 aliphatic rings. The van der Waals surface area contributed by atoms with Crippen molar-refractivity contribution in [2.75, 3.05) is 48.4 Å². The van der Waals surface area contributed by atoms with Gasteiger partial charge < -0.3 is 24.4 Å². The van der Waals surface area contributed by atoms with Crippen LogP contribution in [0.1, 0.15) is 11.5 Å². The van der Waals surface area contributed by atoms with E-state index in [1.165, 1.54) is 5.69 Å². The molecule has 1 saturated heterocycles. The molecule has 3 aromatic rings. The summed E-state index contributed by atoms with van der Waals surface area (Å²) in [6.07, 6.45) is 0. The molecule has 0 unspecified atom stereocenters. The Bertz CT molecular complexity index is 932. The lowest BCUT2D eigenvalue weighted by Crippen LogP contribution is -2.47. The molecule has 28 heavy (non-hydrogen) atoms. The number of benzene rings is 1. The van der Waals surface area contributed by atoms with E-state index < -0.39 is 0 Å². The summed E-state index contributed by atoms with van der Waals surface area (Å²) < 4.78 is 10.3. The smallest absolute Gasteiger partial charge is 0.227 e. The molecule has 1 aromatic carbocycles. The van der Waals surface area contributed by atoms with Gasteiger partial charge in [0.2, 0.25) is 5.95 Å². The fourth-order valence-corrected chi connectivity index (χ4v) is 3.27. The number of methoxy groups -OCH3 is 1. The molecule has 0 saturated carbocycles. The number of nitrogens with one attached hydrogen (secondary N) is 1. The highest BCUT2D eigenvalue weighted by Gasteiger charge is 2.20. The van der Waals surface area contributed by atoms with E-state index in [1.807, 2.05) is 38.1 Å². The van der Waals surface area contributed by atoms with Gasteiger partial charge in [0.1, 0.15) is 17.3 Å². The third-order valence-electron chi connectivity index (χ3n) is 4.73. The summed E-state index contributed by atoms with van der Waals surface area (Å²) in [4.78, 5) is 13.9. The van der Waals surface area contributed by atoms with E-state index in [-0.39, 0.29) is 0 Å². The van der Waals surface area contributed by atoms with Gasteiger partial charge >= 0.3 is 0 Å². The van der Waals surface area contributed by atoms with E-state index in [9.17, 15) is 0 Å². The highest BCUT2D eigenvalue weighted by molar-refractivity contribution is 5.55. The van der Waals surface area contributed by atoms with Crippen molar-refractivity contribution >= 4 is 23.3 Å². The zero-order chi connectivity index (χ0) is 19.5. The number of aryl methyl sites for hydroxylation is 2. The van der Waals surface area contributed by atoms with Crippen molar-refractivity contribution in [1.82, 2.24) is 15.1 Å². The average molecular weight is 380 g/mol. The van der Waals surface area contributed by atoms with Crippen LogP contribution in [0.2, 0.25) is 0 Å². The molecule has 0 radical (unpaired) electrons. The first kappa shape index (κ1) is 18.1. The lowest BCUT2D eigenvalue weighted by Gasteiger charge is -2.36. The summed E-state index contributed by atoms with van der Waals surface area (Å²) in [5.74, 6) is 3.72. The first-order valence-corrected chi connectivity index (χ1v) is 9.31. The van der Waals surface area contributed by atoms with Crippen LogP contribution in [0, 0.1) is 13.8 Å². The maximum Gasteiger partial charge on any atom is 0.227 e. The van der Waals surface area contributed by atoms with Gasteiger partial charge in [0.25, 0.3) is 0 Å². The Morgan fingerprint density at radius 1 is 0.929 bits per heavy atom. The minimum Gasteiger partial charge on any atom is -0.497 e. The Balaban J connectivity index is 1.43. The molecule has 8 nitrogen and oxygen atoms in total. The molecule has 2 aromatic heterocycles. The van der Waals surface area contributed by atoms with Gasteiger partial charge in [0.05, 0.1) is 7.11 Å². The van der Waals surface area contributed by atoms with Gasteiger partial charge in [-0.1, -0.05) is 5.16 Å². The maximum absolute atomic E-state index is 5.24. The van der Waals surface area contributed by atoms with Gasteiger partial charge in [-0.25, -0.2) is 4.98 Å². The molecule has 0 amide bonds. The van der Waals surface area contributed by atoms with Crippen LogP contribution < -0.4 is 19.9 Å². The number of hydrogen-bond donors (Lipinski definition) is 1. The van der Waals surface area contributed by atoms with Crippen molar-refractivity contribution < 1.29 is 9.26 Å². The number of aromatic nitrogens is 3. The lowest BCUT2D eigenvalue weighted by molar-refractivity contribution is 0.400. The summed E-state index contributed by atoms with van der Waals surface area (Å²) in [5.41, 5.74) is 2.11. The Labute approximate surface area is 164 Å². The van der Waals surface area contributed by atoms with Crippen LogP contribution in [0.25, 0.3) is 0 Å². The van der Waals surface area contributed by atoms with Gasteiger partial charge in [-0.05, 0) is 38.1 Å². The van der Waals surface area contributed by atoms with E-state index in [2.05, 4.69) is 42.4 Å². The Morgan fingerprint density at radius 3 is 2.29 bits per heavy atom. The Hall–Kier alpha value is -3.29. The largest absolute Gasteiger partial charge is 0.497 e. The van der Waals surface area contributed by atoms with Crippen molar-refractivity contribution in [3.05, 3.63) is 47.9 Å². The molecular formula is C20H24N6O2. The van der Waals surface area contributed by atoms with Gasteiger partial charge in [0.15, 0.2) is 5.82 Å². The molecule has 0 aliphatic carbocycles. The third-order valence-corrected chi connectivity index (χ3v) is 4.73. The topological polar surface area (TPSA) is 79.5 Å². The predicted octanol–water partition coefficient (Wildman–Crippen LogP) is 3.16. The van der Waals surface area contributed by atoms with Crippen molar-refractivity contribution in [3.63, 3.8) is 0 Å². The van der Waals surface area contributed by atoms with E-state index in [1.54, 1.807) is 7.11 Å². The molecule has 0 bridgehead atoms. The fraction of sp³-hybridized carbons (Fsp3) is 0.350. The number of nitrogens with zero attached hydrogens (tertiary/aromatic N) is 5. The van der Waals surface area contributed by atoms with Gasteiger partial charge in [-0.15, -0.1) is 0 Å². The molecule has 0 spiro atoms. The molecule has 4 rings (SSSR count). The van der Waals surface area contributed by atoms with Gasteiger partial charge in [0, 0.05) is 49.7 Å². The summed E-state index contributed by atoms with van der Waals surface area (Å²) in [7, 11) is 1.68. The van der Waals surface area contributed by atoms with E-state index in [0.717, 1.165) is 49.3 Å². The second-order valence-corrected chi connectivity index (χ2v) is 6.81. The third kappa shape index (κ3) is 4.00. The van der Waals surface area contributed by atoms with Crippen LogP contribution in [-0.2, 0) is 0 Å². The minimum atomic E-state index is 0.644. The SMILES string of the molecule is COc1ccc(N2CCN(c3nc(C)cc(Nc4cc(C)on4)n3)CC2)cc1. The number of piperazine rings is 1. The molecule has 146 valence electrons. The van der Waals surface area contributed by atoms with Crippen LogP contribution in [0.4, 0.5) is 23.3 Å². The van der Waals surface area contributed by atoms with Crippen molar-refractivity contribution in [2.45, 2.75) is 13.8 Å². The zero-order valence-corrected chi connectivity index (χ0v) is 16.3. The summed E-state index contributed by atoms with van der Waals surface area (Å²) in [6, 6.07) is 11.9. The predicted molar refractivity (Wildman–Crippen MR) is 109 cm³/mol. The minimum absolute atomic E-state index is 0.644. The van der Waals surface area contributed by atoms with Crippen molar-refractivity contribution in [3.8, 4) is 5.75 Å². The monoisotopic (exact) mass is 380 g/mol. The van der Waals surface area contributed by atoms with Crippen LogP contribution in [0.5, 0.6) is 5.75 Å². The number of anilines is 4. The second-order valence-electron chi connectivity index (χ2n) is 6.81. The standard InChI is InChI=1S/C20H24N6O2/c1-14-12-18(22-19-13-15(2)28-24-19)23-20(21-14)26-10-8-25(9-11-26)16-4-6-17(27-3)7-5-16/h4-7,12-13H,8-11H2,1-3H3,(H,21,22,23,24). The van der Waals surface area contributed by atoms with Gasteiger partial charge in [-0.3, -0.25) is 0 Å². The number of rotatable bonds is 5. The Morgan fingerprint density at radius 2 is 1.64 bits per heavy atom. The van der Waals surface area contributed by atoms with Crippen LogP contribution in [0.3, 0.4) is 0 Å². The molecule has 1 fully saturated rings. The van der Waals surface area contributed by atoms with Crippen LogP contribution >= 0.6 is 0 Å². The molecule has 3 heterocycles. The summed E-state index contributed by atoms with van der Waals surface area (Å²) in [6.45, 7) is 7.37. The van der Waals surface area contributed by atoms with E-state index in [0.29, 0.717) is 11.6 Å². The first-order valence-electron chi connectivity index (χ1n) is 9.31. The molecular weight excluding hydrogens is 356 g/mol. The zero-order valence-electron chi connectivity index (χ0n) is 16.3. The quantitative estimate of drug-likeness (QED) is 0.723. The average Bonchev–Trinajstić information content (AvgIpc) is 3.12. The molecule has 1 aliphatic heterocycles. The normalized spacial score (nSPS) is 14.2. The van der Waals surface area contributed by atoms with Crippen molar-refractivity contribution in [1.29, 1.82) is 0 Å². The lowest BCUT2D eigenvalue weighted by atomic mass is 10.2. The summed E-state index contributed by atoms with van der Waals surface area (Å²) >= 11 is 0. The van der Waals surface area contributed by atoms with E-state index >= 15 is 0 Å². The highest BCUT2D eigenvalue weighted by atomic mass is 16.5. The molecule has 0 atom stereocenters. The summed E-state index contributed by atoms with van der Waals surface area (Å²) in [5, 5.41) is 7.15. The number of ether oxygens (including phenoxy) is 1. The van der Waals surface area contributed by atoms with Crippen molar-refractivity contribution in [2.24, 2.45) is 0 Å². The maximum atomic E-state index is 5.24. The van der Waals surface area contributed by atoms with E-state index in [4.69, 9.17) is 9.26 Å². The molecule has 8 heteroatoms. The first-order chi connectivity index (χ1) is 13.6. The highest BCUT2D eigenvalue weighted by Crippen LogP contribution is 2.23. The van der Waals surface area contributed by atoms with Crippen LogP contribution in [0.15, 0.2) is 40.9 Å². The Kier molecular flexibility index (Phi) is 5.01. The molecule has 1 N–H and O–H groups in total. The van der Waals surface area contributed by atoms with Gasteiger partial charge in [-0.2, -0.15) is 4.98 Å². The number of hydrogen-bond acceptors (Lipinski definition) is 8.